The number of alkyl halides is 1. The molecule has 100 valence electrons. The lowest BCUT2D eigenvalue weighted by Crippen LogP contribution is -1.97. The SMILES string of the molecule is COc1ccc(C(Cl)c2cc(I)ccc2Br)cc1F. The fraction of sp³-hybridized carbons (Fsp3) is 0.143. The van der Waals surface area contributed by atoms with E-state index in [-0.39, 0.29) is 5.75 Å². The van der Waals surface area contributed by atoms with Crippen LogP contribution < -0.4 is 4.74 Å². The van der Waals surface area contributed by atoms with E-state index in [9.17, 15) is 4.39 Å². The van der Waals surface area contributed by atoms with Crippen LogP contribution in [0.4, 0.5) is 4.39 Å². The van der Waals surface area contributed by atoms with Gasteiger partial charge in [-0.3, -0.25) is 0 Å². The van der Waals surface area contributed by atoms with Crippen LogP contribution in [0.1, 0.15) is 16.5 Å². The van der Waals surface area contributed by atoms with Crippen LogP contribution in [-0.4, -0.2) is 7.11 Å². The van der Waals surface area contributed by atoms with E-state index in [2.05, 4.69) is 38.5 Å². The van der Waals surface area contributed by atoms with E-state index >= 15 is 0 Å². The van der Waals surface area contributed by atoms with Gasteiger partial charge in [-0.2, -0.15) is 0 Å². The van der Waals surface area contributed by atoms with Gasteiger partial charge in [0.15, 0.2) is 11.6 Å². The number of hydrogen-bond donors (Lipinski definition) is 0. The van der Waals surface area contributed by atoms with Crippen molar-refractivity contribution in [1.29, 1.82) is 0 Å². The van der Waals surface area contributed by atoms with Crippen LogP contribution in [-0.2, 0) is 0 Å². The van der Waals surface area contributed by atoms with Crippen LogP contribution in [0, 0.1) is 9.39 Å². The molecule has 0 saturated heterocycles. The van der Waals surface area contributed by atoms with Gasteiger partial charge in [0.1, 0.15) is 0 Å². The molecule has 0 bridgehead atoms. The molecule has 2 aromatic carbocycles. The van der Waals surface area contributed by atoms with E-state index in [0.29, 0.717) is 5.56 Å². The third kappa shape index (κ3) is 3.41. The van der Waals surface area contributed by atoms with Crippen molar-refractivity contribution >= 4 is 50.1 Å². The molecule has 19 heavy (non-hydrogen) atoms. The Kier molecular flexibility index (Phi) is 5.09. The molecule has 1 unspecified atom stereocenters. The van der Waals surface area contributed by atoms with E-state index in [4.69, 9.17) is 16.3 Å². The molecule has 0 aliphatic heterocycles. The Hall–Kier alpha value is -0.330. The predicted molar refractivity (Wildman–Crippen MR) is 87.5 cm³/mol. The monoisotopic (exact) mass is 454 g/mol. The number of hydrogen-bond acceptors (Lipinski definition) is 1. The normalized spacial score (nSPS) is 12.3. The van der Waals surface area contributed by atoms with Gasteiger partial charge in [0.05, 0.1) is 12.5 Å². The summed E-state index contributed by atoms with van der Waals surface area (Å²) in [7, 11) is 1.44. The molecule has 0 N–H and O–H groups in total. The molecular formula is C14H10BrClFIO. The minimum Gasteiger partial charge on any atom is -0.494 e. The van der Waals surface area contributed by atoms with E-state index in [1.807, 2.05) is 18.2 Å². The molecule has 0 radical (unpaired) electrons. The summed E-state index contributed by atoms with van der Waals surface area (Å²) in [4.78, 5) is 0. The summed E-state index contributed by atoms with van der Waals surface area (Å²) in [5.74, 6) is -0.193. The third-order valence-electron chi connectivity index (χ3n) is 2.70. The fourth-order valence-electron chi connectivity index (χ4n) is 1.73. The molecule has 0 heterocycles. The van der Waals surface area contributed by atoms with Gasteiger partial charge >= 0.3 is 0 Å². The Morgan fingerprint density at radius 2 is 2.00 bits per heavy atom. The summed E-state index contributed by atoms with van der Waals surface area (Å²) in [6, 6.07) is 10.7. The summed E-state index contributed by atoms with van der Waals surface area (Å²) >= 11 is 12.1. The van der Waals surface area contributed by atoms with Gasteiger partial charge in [0.2, 0.25) is 0 Å². The zero-order valence-electron chi connectivity index (χ0n) is 9.96. The Bertz CT molecular complexity index is 606. The maximum Gasteiger partial charge on any atom is 0.165 e. The summed E-state index contributed by atoms with van der Waals surface area (Å²) in [5.41, 5.74) is 1.61. The zero-order chi connectivity index (χ0) is 14.0. The smallest absolute Gasteiger partial charge is 0.165 e. The van der Waals surface area contributed by atoms with Gasteiger partial charge in [-0.05, 0) is 64.0 Å². The molecule has 0 amide bonds. The highest BCUT2D eigenvalue weighted by molar-refractivity contribution is 14.1. The quantitative estimate of drug-likeness (QED) is 0.437. The van der Waals surface area contributed by atoms with Crippen molar-refractivity contribution in [1.82, 2.24) is 0 Å². The number of rotatable bonds is 3. The molecular weight excluding hydrogens is 445 g/mol. The maximum atomic E-state index is 13.7. The van der Waals surface area contributed by atoms with Crippen molar-refractivity contribution < 1.29 is 9.13 Å². The van der Waals surface area contributed by atoms with Crippen LogP contribution in [0.3, 0.4) is 0 Å². The summed E-state index contributed by atoms with van der Waals surface area (Å²) < 4.78 is 20.6. The van der Waals surface area contributed by atoms with Gasteiger partial charge in [-0.1, -0.05) is 22.0 Å². The topological polar surface area (TPSA) is 9.23 Å². The van der Waals surface area contributed by atoms with Crippen LogP contribution >= 0.6 is 50.1 Å². The summed E-state index contributed by atoms with van der Waals surface area (Å²) in [6.07, 6.45) is 0. The maximum absolute atomic E-state index is 13.7. The first-order chi connectivity index (χ1) is 9.02. The van der Waals surface area contributed by atoms with Crippen LogP contribution in [0.5, 0.6) is 5.75 Å². The Morgan fingerprint density at radius 1 is 1.26 bits per heavy atom. The van der Waals surface area contributed by atoms with Crippen LogP contribution in [0.25, 0.3) is 0 Å². The molecule has 5 heteroatoms. The second-order valence-electron chi connectivity index (χ2n) is 3.92. The van der Waals surface area contributed by atoms with Crippen molar-refractivity contribution in [3.63, 3.8) is 0 Å². The lowest BCUT2D eigenvalue weighted by molar-refractivity contribution is 0.386. The minimum absolute atomic E-state index is 0.217. The molecule has 0 saturated carbocycles. The standard InChI is InChI=1S/C14H10BrClFIO/c1-19-13-5-2-8(6-12(13)17)14(16)10-7-9(18)3-4-11(10)15/h2-7,14H,1H3. The highest BCUT2D eigenvalue weighted by Crippen LogP contribution is 2.36. The Labute approximate surface area is 138 Å². The van der Waals surface area contributed by atoms with Gasteiger partial charge in [0.25, 0.3) is 0 Å². The average molecular weight is 455 g/mol. The van der Waals surface area contributed by atoms with Gasteiger partial charge in [0, 0.05) is 8.04 Å². The minimum atomic E-state index is -0.413. The Balaban J connectivity index is 2.41. The second-order valence-corrected chi connectivity index (χ2v) is 6.46. The molecule has 0 aromatic heterocycles. The molecule has 2 aromatic rings. The van der Waals surface area contributed by atoms with E-state index in [1.165, 1.54) is 13.2 Å². The van der Waals surface area contributed by atoms with E-state index in [1.54, 1.807) is 12.1 Å². The summed E-state index contributed by atoms with van der Waals surface area (Å²) in [6.45, 7) is 0. The van der Waals surface area contributed by atoms with Crippen molar-refractivity contribution in [2.24, 2.45) is 0 Å². The first-order valence-electron chi connectivity index (χ1n) is 5.45. The number of halogens is 4. The first kappa shape index (κ1) is 15.1. The van der Waals surface area contributed by atoms with E-state index in [0.717, 1.165) is 13.6 Å². The van der Waals surface area contributed by atoms with Crippen molar-refractivity contribution in [3.05, 3.63) is 61.4 Å². The van der Waals surface area contributed by atoms with Crippen molar-refractivity contribution in [2.45, 2.75) is 5.38 Å². The lowest BCUT2D eigenvalue weighted by atomic mass is 10.0. The summed E-state index contributed by atoms with van der Waals surface area (Å²) in [5, 5.41) is -0.413. The van der Waals surface area contributed by atoms with Gasteiger partial charge < -0.3 is 4.74 Å². The highest BCUT2D eigenvalue weighted by atomic mass is 127. The lowest BCUT2D eigenvalue weighted by Gasteiger charge is -2.14. The molecule has 2 rings (SSSR count). The molecule has 0 aliphatic carbocycles. The second kappa shape index (κ2) is 6.41. The van der Waals surface area contributed by atoms with E-state index < -0.39 is 11.2 Å². The first-order valence-corrected chi connectivity index (χ1v) is 7.76. The fourth-order valence-corrected chi connectivity index (χ4v) is 3.17. The Morgan fingerprint density at radius 3 is 2.63 bits per heavy atom. The molecule has 1 nitrogen and oxygen atoms in total. The largest absolute Gasteiger partial charge is 0.494 e. The third-order valence-corrected chi connectivity index (χ3v) is 4.58. The highest BCUT2D eigenvalue weighted by Gasteiger charge is 2.16. The van der Waals surface area contributed by atoms with Crippen molar-refractivity contribution in [2.75, 3.05) is 7.11 Å². The molecule has 1 atom stereocenters. The van der Waals surface area contributed by atoms with Gasteiger partial charge in [-0.15, -0.1) is 11.6 Å². The number of benzene rings is 2. The molecule has 0 aliphatic rings. The number of methoxy groups -OCH3 is 1. The molecule has 0 fully saturated rings. The predicted octanol–water partition coefficient (Wildman–Crippen LogP) is 5.53. The van der Waals surface area contributed by atoms with Crippen molar-refractivity contribution in [3.8, 4) is 5.75 Å². The zero-order valence-corrected chi connectivity index (χ0v) is 14.5. The average Bonchev–Trinajstić information content (AvgIpc) is 2.40. The number of ether oxygens (including phenoxy) is 1. The van der Waals surface area contributed by atoms with Crippen LogP contribution in [0.2, 0.25) is 0 Å². The van der Waals surface area contributed by atoms with Gasteiger partial charge in [-0.25, -0.2) is 4.39 Å². The molecule has 0 spiro atoms. The van der Waals surface area contributed by atoms with Crippen LogP contribution in [0.15, 0.2) is 40.9 Å².